The van der Waals surface area contributed by atoms with Gasteiger partial charge in [-0.25, -0.2) is 4.98 Å². The highest BCUT2D eigenvalue weighted by molar-refractivity contribution is 7.09. The van der Waals surface area contributed by atoms with Crippen LogP contribution in [-0.4, -0.2) is 23.9 Å². The van der Waals surface area contributed by atoms with E-state index >= 15 is 0 Å². The molecule has 0 saturated carbocycles. The monoisotopic (exact) mass is 182 g/mol. The zero-order valence-electron chi connectivity index (χ0n) is 6.62. The van der Waals surface area contributed by atoms with Crippen LogP contribution in [0.2, 0.25) is 0 Å². The van der Waals surface area contributed by atoms with Crippen molar-refractivity contribution in [2.45, 2.75) is 6.42 Å². The number of carbonyl (C=O) groups excluding carboxylic acids is 1. The second-order valence-corrected chi connectivity index (χ2v) is 3.90. The number of hydrogen-bond acceptors (Lipinski definition) is 4. The number of Topliss-reactive ketones (excluding diaryl/α,β-unsaturated/α-hetero) is 1. The summed E-state index contributed by atoms with van der Waals surface area (Å²) >= 11 is 1.55. The third-order valence-corrected chi connectivity index (χ3v) is 2.83. The average molecular weight is 182 g/mol. The maximum atomic E-state index is 11.4. The molecule has 4 heteroatoms. The van der Waals surface area contributed by atoms with Crippen molar-refractivity contribution in [2.75, 3.05) is 13.1 Å². The van der Waals surface area contributed by atoms with Gasteiger partial charge in [0.1, 0.15) is 5.78 Å². The summed E-state index contributed by atoms with van der Waals surface area (Å²) in [5.74, 6) is 0.567. The lowest BCUT2D eigenvalue weighted by molar-refractivity contribution is -0.123. The summed E-state index contributed by atoms with van der Waals surface area (Å²) in [5.41, 5.74) is 0. The van der Waals surface area contributed by atoms with Gasteiger partial charge in [-0.05, 0) is 0 Å². The van der Waals surface area contributed by atoms with Crippen molar-refractivity contribution in [3.05, 3.63) is 16.6 Å². The molecule has 1 fully saturated rings. The van der Waals surface area contributed by atoms with Gasteiger partial charge < -0.3 is 5.32 Å². The fourth-order valence-corrected chi connectivity index (χ4v) is 1.78. The van der Waals surface area contributed by atoms with E-state index in [9.17, 15) is 4.79 Å². The van der Waals surface area contributed by atoms with Crippen molar-refractivity contribution in [1.29, 1.82) is 0 Å². The fourth-order valence-electron chi connectivity index (χ4n) is 1.15. The van der Waals surface area contributed by atoms with Gasteiger partial charge in [-0.3, -0.25) is 4.79 Å². The zero-order chi connectivity index (χ0) is 8.39. The number of carbonyl (C=O) groups is 1. The van der Waals surface area contributed by atoms with Crippen LogP contribution in [0.1, 0.15) is 5.01 Å². The summed E-state index contributed by atoms with van der Waals surface area (Å²) in [7, 11) is 0. The van der Waals surface area contributed by atoms with Crippen LogP contribution in [0.5, 0.6) is 0 Å². The molecule has 0 atom stereocenters. The summed E-state index contributed by atoms with van der Waals surface area (Å²) < 4.78 is 0. The second kappa shape index (κ2) is 3.33. The Balaban J connectivity index is 1.90. The number of ketones is 1. The molecule has 12 heavy (non-hydrogen) atoms. The third kappa shape index (κ3) is 1.54. The second-order valence-electron chi connectivity index (χ2n) is 2.92. The van der Waals surface area contributed by atoms with Crippen LogP contribution >= 0.6 is 11.3 Å². The molecule has 0 radical (unpaired) electrons. The van der Waals surface area contributed by atoms with E-state index in [2.05, 4.69) is 10.3 Å². The number of rotatable bonds is 3. The molecule has 0 aliphatic carbocycles. The van der Waals surface area contributed by atoms with Gasteiger partial charge in [-0.2, -0.15) is 0 Å². The Morgan fingerprint density at radius 3 is 3.08 bits per heavy atom. The van der Waals surface area contributed by atoms with Gasteiger partial charge in [0.15, 0.2) is 0 Å². The fraction of sp³-hybridized carbons (Fsp3) is 0.500. The Labute approximate surface area is 74.8 Å². The van der Waals surface area contributed by atoms with Crippen LogP contribution in [0, 0.1) is 5.92 Å². The highest BCUT2D eigenvalue weighted by atomic mass is 32.1. The minimum Gasteiger partial charge on any atom is -0.315 e. The summed E-state index contributed by atoms with van der Waals surface area (Å²) in [5, 5.41) is 5.93. The topological polar surface area (TPSA) is 42.0 Å². The summed E-state index contributed by atoms with van der Waals surface area (Å²) in [4.78, 5) is 15.5. The van der Waals surface area contributed by atoms with Crippen LogP contribution in [0.3, 0.4) is 0 Å². The first-order valence-corrected chi connectivity index (χ1v) is 4.86. The molecule has 0 bridgehead atoms. The quantitative estimate of drug-likeness (QED) is 0.739. The maximum Gasteiger partial charge on any atom is 0.145 e. The predicted molar refractivity (Wildman–Crippen MR) is 47.2 cm³/mol. The van der Waals surface area contributed by atoms with Crippen LogP contribution < -0.4 is 5.32 Å². The first-order chi connectivity index (χ1) is 5.86. The smallest absolute Gasteiger partial charge is 0.145 e. The minimum atomic E-state index is 0.244. The molecule has 0 amide bonds. The Morgan fingerprint density at radius 2 is 2.58 bits per heavy atom. The molecule has 0 unspecified atom stereocenters. The number of nitrogens with zero attached hydrogens (tertiary/aromatic N) is 1. The number of hydrogen-bond donors (Lipinski definition) is 1. The predicted octanol–water partition coefficient (Wildman–Crippen LogP) is 0.474. The normalized spacial score (nSPS) is 17.3. The zero-order valence-corrected chi connectivity index (χ0v) is 7.43. The lowest BCUT2D eigenvalue weighted by atomic mass is 9.96. The first kappa shape index (κ1) is 7.89. The molecule has 1 aromatic rings. The van der Waals surface area contributed by atoms with E-state index in [1.165, 1.54) is 0 Å². The molecule has 1 aromatic heterocycles. The van der Waals surface area contributed by atoms with Crippen molar-refractivity contribution in [2.24, 2.45) is 5.92 Å². The highest BCUT2D eigenvalue weighted by Crippen LogP contribution is 2.11. The lowest BCUT2D eigenvalue weighted by Gasteiger charge is -2.25. The summed E-state index contributed by atoms with van der Waals surface area (Å²) in [6, 6.07) is 0. The van der Waals surface area contributed by atoms with Crippen molar-refractivity contribution in [1.82, 2.24) is 10.3 Å². The molecule has 1 saturated heterocycles. The number of thiazole rings is 1. The van der Waals surface area contributed by atoms with Gasteiger partial charge in [-0.15, -0.1) is 11.3 Å². The van der Waals surface area contributed by atoms with E-state index in [0.29, 0.717) is 12.2 Å². The van der Waals surface area contributed by atoms with Gasteiger partial charge in [0.05, 0.1) is 11.4 Å². The van der Waals surface area contributed by atoms with E-state index in [1.807, 2.05) is 5.38 Å². The van der Waals surface area contributed by atoms with Crippen LogP contribution in [0.25, 0.3) is 0 Å². The SMILES string of the molecule is O=C(Cc1nccs1)C1CNC1. The summed E-state index contributed by atoms with van der Waals surface area (Å²) in [6.07, 6.45) is 2.26. The lowest BCUT2D eigenvalue weighted by Crippen LogP contribution is -2.47. The maximum absolute atomic E-state index is 11.4. The molecule has 0 aromatic carbocycles. The van der Waals surface area contributed by atoms with E-state index in [-0.39, 0.29) is 5.92 Å². The Bertz CT molecular complexity index is 267. The van der Waals surface area contributed by atoms with Crippen molar-refractivity contribution < 1.29 is 4.79 Å². The van der Waals surface area contributed by atoms with Crippen molar-refractivity contribution in [3.63, 3.8) is 0 Å². The first-order valence-electron chi connectivity index (χ1n) is 3.98. The van der Waals surface area contributed by atoms with Gasteiger partial charge in [-0.1, -0.05) is 0 Å². The Hall–Kier alpha value is -0.740. The molecule has 2 heterocycles. The molecule has 64 valence electrons. The molecule has 1 aliphatic rings. The molecule has 1 aliphatic heterocycles. The third-order valence-electron chi connectivity index (χ3n) is 2.05. The van der Waals surface area contributed by atoms with Crippen LogP contribution in [-0.2, 0) is 11.2 Å². The minimum absolute atomic E-state index is 0.244. The Kier molecular flexibility index (Phi) is 2.19. The molecule has 3 nitrogen and oxygen atoms in total. The Morgan fingerprint density at radius 1 is 1.75 bits per heavy atom. The van der Waals surface area contributed by atoms with Gasteiger partial charge >= 0.3 is 0 Å². The standard InChI is InChI=1S/C8H10N2OS/c11-7(6-4-9-5-6)3-8-10-1-2-12-8/h1-2,6,9H,3-5H2. The highest BCUT2D eigenvalue weighted by Gasteiger charge is 2.24. The molecular weight excluding hydrogens is 172 g/mol. The van der Waals surface area contributed by atoms with Gasteiger partial charge in [0, 0.05) is 30.6 Å². The molecule has 1 N–H and O–H groups in total. The summed E-state index contributed by atoms with van der Waals surface area (Å²) in [6.45, 7) is 1.70. The number of nitrogens with one attached hydrogen (secondary N) is 1. The van der Waals surface area contributed by atoms with E-state index in [0.717, 1.165) is 18.1 Å². The average Bonchev–Trinajstić information content (AvgIpc) is 2.34. The molecular formula is C8H10N2OS. The van der Waals surface area contributed by atoms with Gasteiger partial charge in [0.25, 0.3) is 0 Å². The van der Waals surface area contributed by atoms with E-state index < -0.39 is 0 Å². The van der Waals surface area contributed by atoms with E-state index in [1.54, 1.807) is 17.5 Å². The van der Waals surface area contributed by atoms with Crippen molar-refractivity contribution in [3.8, 4) is 0 Å². The van der Waals surface area contributed by atoms with Gasteiger partial charge in [0.2, 0.25) is 0 Å². The van der Waals surface area contributed by atoms with Crippen LogP contribution in [0.15, 0.2) is 11.6 Å². The van der Waals surface area contributed by atoms with Crippen molar-refractivity contribution >= 4 is 17.1 Å². The van der Waals surface area contributed by atoms with E-state index in [4.69, 9.17) is 0 Å². The molecule has 2 rings (SSSR count). The largest absolute Gasteiger partial charge is 0.315 e. The molecule has 0 spiro atoms. The van der Waals surface area contributed by atoms with Crippen LogP contribution in [0.4, 0.5) is 0 Å². The number of aromatic nitrogens is 1.